The van der Waals surface area contributed by atoms with Gasteiger partial charge in [0.1, 0.15) is 0 Å². The lowest BCUT2D eigenvalue weighted by molar-refractivity contribution is -0.117. The Morgan fingerprint density at radius 2 is 2.19 bits per heavy atom. The van der Waals surface area contributed by atoms with Crippen LogP contribution in [0, 0.1) is 0 Å². The zero-order chi connectivity index (χ0) is 14.5. The highest BCUT2D eigenvalue weighted by atomic mass is 35.5. The third-order valence-corrected chi connectivity index (χ3v) is 4.33. The Morgan fingerprint density at radius 1 is 1.43 bits per heavy atom. The molecule has 1 saturated heterocycles. The molecule has 1 atom stereocenters. The first-order chi connectivity index (χ1) is 9.60. The van der Waals surface area contributed by atoms with E-state index in [1.807, 2.05) is 7.05 Å². The number of rotatable bonds is 4. The van der Waals surface area contributed by atoms with E-state index < -0.39 is 0 Å². The van der Waals surface area contributed by atoms with Gasteiger partial charge in [-0.05, 0) is 38.6 Å². The normalized spacial score (nSPS) is 18.9. The van der Waals surface area contributed by atoms with Gasteiger partial charge in [-0.25, -0.2) is 0 Å². The SMILES string of the molecule is CNC1CCCN(CC(=O)Nc2cccc(Cl)c2Cl)C1.Cl. The van der Waals surface area contributed by atoms with Crippen molar-refractivity contribution < 1.29 is 4.79 Å². The largest absolute Gasteiger partial charge is 0.324 e. The molecule has 118 valence electrons. The maximum atomic E-state index is 12.1. The van der Waals surface area contributed by atoms with Gasteiger partial charge >= 0.3 is 0 Å². The second-order valence-electron chi connectivity index (χ2n) is 5.01. The number of likely N-dealkylation sites (N-methyl/N-ethyl adjacent to an activating group) is 1. The number of carbonyl (C=O) groups is 1. The fraction of sp³-hybridized carbons (Fsp3) is 0.500. The zero-order valence-electron chi connectivity index (χ0n) is 11.9. The summed E-state index contributed by atoms with van der Waals surface area (Å²) in [5.74, 6) is -0.0640. The molecule has 4 nitrogen and oxygen atoms in total. The van der Waals surface area contributed by atoms with Gasteiger partial charge in [0.15, 0.2) is 0 Å². The van der Waals surface area contributed by atoms with Crippen LogP contribution in [-0.4, -0.2) is 43.5 Å². The third-order valence-electron chi connectivity index (χ3n) is 3.51. The minimum absolute atomic E-state index is 0. The lowest BCUT2D eigenvalue weighted by atomic mass is 10.1. The van der Waals surface area contributed by atoms with Gasteiger partial charge in [-0.3, -0.25) is 9.69 Å². The first kappa shape index (κ1) is 18.5. The number of likely N-dealkylation sites (tertiary alicyclic amines) is 1. The molecule has 0 bridgehead atoms. The van der Waals surface area contributed by atoms with Crippen LogP contribution in [0.4, 0.5) is 5.69 Å². The predicted molar refractivity (Wildman–Crippen MR) is 90.9 cm³/mol. The molecule has 1 amide bonds. The van der Waals surface area contributed by atoms with Crippen molar-refractivity contribution in [3.63, 3.8) is 0 Å². The summed E-state index contributed by atoms with van der Waals surface area (Å²) >= 11 is 12.0. The van der Waals surface area contributed by atoms with Crippen molar-refractivity contribution in [1.82, 2.24) is 10.2 Å². The van der Waals surface area contributed by atoms with E-state index >= 15 is 0 Å². The van der Waals surface area contributed by atoms with E-state index in [1.165, 1.54) is 0 Å². The number of hydrogen-bond acceptors (Lipinski definition) is 3. The fourth-order valence-electron chi connectivity index (χ4n) is 2.43. The summed E-state index contributed by atoms with van der Waals surface area (Å²) in [7, 11) is 1.96. The van der Waals surface area contributed by atoms with Crippen molar-refractivity contribution in [2.45, 2.75) is 18.9 Å². The number of hydrogen-bond donors (Lipinski definition) is 2. The van der Waals surface area contributed by atoms with Crippen molar-refractivity contribution in [1.29, 1.82) is 0 Å². The van der Waals surface area contributed by atoms with E-state index in [0.29, 0.717) is 28.3 Å². The predicted octanol–water partition coefficient (Wildman–Crippen LogP) is 3.04. The maximum absolute atomic E-state index is 12.1. The van der Waals surface area contributed by atoms with Crippen molar-refractivity contribution in [3.8, 4) is 0 Å². The Hall–Kier alpha value is -0.520. The quantitative estimate of drug-likeness (QED) is 0.875. The molecule has 1 aliphatic heterocycles. The van der Waals surface area contributed by atoms with Gasteiger partial charge in [0.2, 0.25) is 5.91 Å². The molecule has 1 aliphatic rings. The zero-order valence-corrected chi connectivity index (χ0v) is 14.2. The first-order valence-corrected chi connectivity index (χ1v) is 7.49. The lowest BCUT2D eigenvalue weighted by Gasteiger charge is -2.31. The maximum Gasteiger partial charge on any atom is 0.238 e. The Bertz CT molecular complexity index is 485. The smallest absolute Gasteiger partial charge is 0.238 e. The third kappa shape index (κ3) is 5.31. The lowest BCUT2D eigenvalue weighted by Crippen LogP contribution is -2.46. The number of benzene rings is 1. The van der Waals surface area contributed by atoms with Crippen molar-refractivity contribution in [2.75, 3.05) is 32.0 Å². The first-order valence-electron chi connectivity index (χ1n) is 6.73. The van der Waals surface area contributed by atoms with Gasteiger partial charge in [0.05, 0.1) is 22.3 Å². The van der Waals surface area contributed by atoms with Crippen LogP contribution < -0.4 is 10.6 Å². The van der Waals surface area contributed by atoms with Crippen LogP contribution in [0.1, 0.15) is 12.8 Å². The van der Waals surface area contributed by atoms with Gasteiger partial charge in [-0.15, -0.1) is 12.4 Å². The second kappa shape index (κ2) is 8.81. The minimum Gasteiger partial charge on any atom is -0.324 e. The van der Waals surface area contributed by atoms with Crippen LogP contribution in [0.2, 0.25) is 10.0 Å². The summed E-state index contributed by atoms with van der Waals surface area (Å²) in [5, 5.41) is 6.90. The average Bonchev–Trinajstić information content (AvgIpc) is 2.44. The van der Waals surface area contributed by atoms with E-state index in [0.717, 1.165) is 25.9 Å². The van der Waals surface area contributed by atoms with Crippen molar-refractivity contribution in [2.24, 2.45) is 0 Å². The molecular weight excluding hydrogens is 333 g/mol. The highest BCUT2D eigenvalue weighted by Gasteiger charge is 2.20. The average molecular weight is 353 g/mol. The second-order valence-corrected chi connectivity index (χ2v) is 5.80. The number of piperidine rings is 1. The van der Waals surface area contributed by atoms with Crippen LogP contribution in [0.5, 0.6) is 0 Å². The molecule has 0 saturated carbocycles. The molecule has 1 fully saturated rings. The topological polar surface area (TPSA) is 44.4 Å². The molecule has 0 spiro atoms. The number of carbonyl (C=O) groups excluding carboxylic acids is 1. The van der Waals surface area contributed by atoms with E-state index in [2.05, 4.69) is 15.5 Å². The molecule has 1 unspecified atom stereocenters. The summed E-state index contributed by atoms with van der Waals surface area (Å²) < 4.78 is 0. The molecule has 21 heavy (non-hydrogen) atoms. The molecule has 2 rings (SSSR count). The standard InChI is InChI=1S/C14H19Cl2N3O.ClH/c1-17-10-4-3-7-19(8-10)9-13(20)18-12-6-2-5-11(15)14(12)16;/h2,5-6,10,17H,3-4,7-9H2,1H3,(H,18,20);1H. The molecule has 1 heterocycles. The molecule has 1 aromatic rings. The fourth-order valence-corrected chi connectivity index (χ4v) is 2.78. The van der Waals surface area contributed by atoms with E-state index in [4.69, 9.17) is 23.2 Å². The number of anilines is 1. The van der Waals surface area contributed by atoms with Crippen molar-refractivity contribution in [3.05, 3.63) is 28.2 Å². The molecular formula is C14H20Cl3N3O. The molecule has 0 aliphatic carbocycles. The summed E-state index contributed by atoms with van der Waals surface area (Å²) in [5.41, 5.74) is 0.561. The summed E-state index contributed by atoms with van der Waals surface area (Å²) in [4.78, 5) is 14.2. The monoisotopic (exact) mass is 351 g/mol. The Morgan fingerprint density at radius 3 is 2.90 bits per heavy atom. The van der Waals surface area contributed by atoms with Crippen LogP contribution >= 0.6 is 35.6 Å². The van der Waals surface area contributed by atoms with Crippen LogP contribution in [-0.2, 0) is 4.79 Å². The molecule has 0 radical (unpaired) electrons. The van der Waals surface area contributed by atoms with E-state index in [-0.39, 0.29) is 18.3 Å². The van der Waals surface area contributed by atoms with Crippen molar-refractivity contribution >= 4 is 47.2 Å². The molecule has 0 aromatic heterocycles. The van der Waals surface area contributed by atoms with E-state index in [1.54, 1.807) is 18.2 Å². The van der Waals surface area contributed by atoms with Crippen LogP contribution in [0.25, 0.3) is 0 Å². The van der Waals surface area contributed by atoms with Gasteiger partial charge in [0.25, 0.3) is 0 Å². The number of amides is 1. The molecule has 1 aromatic carbocycles. The highest BCUT2D eigenvalue weighted by molar-refractivity contribution is 6.43. The van der Waals surface area contributed by atoms with E-state index in [9.17, 15) is 4.79 Å². The van der Waals surface area contributed by atoms with Gasteiger partial charge < -0.3 is 10.6 Å². The Labute approximate surface area is 141 Å². The molecule has 2 N–H and O–H groups in total. The number of nitrogens with zero attached hydrogens (tertiary/aromatic N) is 1. The highest BCUT2D eigenvalue weighted by Crippen LogP contribution is 2.29. The van der Waals surface area contributed by atoms with Gasteiger partial charge in [0, 0.05) is 12.6 Å². The Kier molecular flexibility index (Phi) is 7.77. The van der Waals surface area contributed by atoms with Gasteiger partial charge in [-0.2, -0.15) is 0 Å². The number of halogens is 3. The van der Waals surface area contributed by atoms with Crippen LogP contribution in [0.3, 0.4) is 0 Å². The van der Waals surface area contributed by atoms with Gasteiger partial charge in [-0.1, -0.05) is 29.3 Å². The summed E-state index contributed by atoms with van der Waals surface area (Å²) in [6.45, 7) is 2.23. The van der Waals surface area contributed by atoms with Crippen LogP contribution in [0.15, 0.2) is 18.2 Å². The minimum atomic E-state index is -0.0640. The number of nitrogens with one attached hydrogen (secondary N) is 2. The molecule has 7 heteroatoms. The summed E-state index contributed by atoms with van der Waals surface area (Å²) in [6.07, 6.45) is 2.27. The summed E-state index contributed by atoms with van der Waals surface area (Å²) in [6, 6.07) is 5.67. The Balaban J connectivity index is 0.00000220.